The van der Waals surface area contributed by atoms with Crippen LogP contribution in [0.1, 0.15) is 57.2 Å². The summed E-state index contributed by atoms with van der Waals surface area (Å²) in [6.45, 7) is 8.87. The summed E-state index contributed by atoms with van der Waals surface area (Å²) in [5.74, 6) is 1.58. The lowest BCUT2D eigenvalue weighted by Crippen LogP contribution is -2.50. The van der Waals surface area contributed by atoms with Gasteiger partial charge < -0.3 is 19.9 Å². The zero-order valence-electron chi connectivity index (χ0n) is 19.0. The van der Waals surface area contributed by atoms with Crippen LogP contribution in [-0.2, 0) is 4.74 Å². The molecular weight excluding hydrogens is 404 g/mol. The number of amides is 1. The van der Waals surface area contributed by atoms with Gasteiger partial charge in [-0.1, -0.05) is 12.1 Å². The van der Waals surface area contributed by atoms with Gasteiger partial charge in [0.15, 0.2) is 11.5 Å². The largest absolute Gasteiger partial charge is 0.444 e. The lowest BCUT2D eigenvalue weighted by molar-refractivity contribution is 0.00819. The topological polar surface area (TPSA) is 94.4 Å². The van der Waals surface area contributed by atoms with Crippen molar-refractivity contribution in [2.45, 2.75) is 51.6 Å². The SMILES string of the molecule is CC(C)(C)OC(=O)N1CC(c2ccc(Nc3nc(N4CCCCC4)cnc3C#N)cc2)C1. The van der Waals surface area contributed by atoms with Gasteiger partial charge in [-0.05, 0) is 57.7 Å². The number of carbonyl (C=O) groups is 1. The predicted molar refractivity (Wildman–Crippen MR) is 123 cm³/mol. The molecule has 2 aliphatic rings. The number of benzene rings is 1. The molecule has 4 rings (SSSR count). The van der Waals surface area contributed by atoms with Crippen molar-refractivity contribution < 1.29 is 9.53 Å². The minimum atomic E-state index is -0.480. The van der Waals surface area contributed by atoms with Gasteiger partial charge in [-0.3, -0.25) is 0 Å². The van der Waals surface area contributed by atoms with E-state index in [9.17, 15) is 10.1 Å². The number of hydrogen-bond donors (Lipinski definition) is 1. The summed E-state index contributed by atoms with van der Waals surface area (Å²) in [6, 6.07) is 10.2. The molecule has 1 aromatic carbocycles. The first-order valence-corrected chi connectivity index (χ1v) is 11.2. The zero-order valence-corrected chi connectivity index (χ0v) is 19.0. The lowest BCUT2D eigenvalue weighted by Gasteiger charge is -2.40. The van der Waals surface area contributed by atoms with Crippen LogP contribution >= 0.6 is 0 Å². The zero-order chi connectivity index (χ0) is 22.7. The number of nitrogens with zero attached hydrogens (tertiary/aromatic N) is 5. The number of carbonyl (C=O) groups excluding carboxylic acids is 1. The average Bonchev–Trinajstić information content (AvgIpc) is 2.73. The first-order valence-electron chi connectivity index (χ1n) is 11.2. The van der Waals surface area contributed by atoms with Crippen LogP contribution in [-0.4, -0.2) is 52.7 Å². The molecule has 0 radical (unpaired) electrons. The number of aromatic nitrogens is 2. The Morgan fingerprint density at radius 1 is 1.16 bits per heavy atom. The van der Waals surface area contributed by atoms with Gasteiger partial charge in [0.05, 0.1) is 6.20 Å². The molecule has 0 unspecified atom stereocenters. The van der Waals surface area contributed by atoms with E-state index in [1.165, 1.54) is 12.0 Å². The summed E-state index contributed by atoms with van der Waals surface area (Å²) < 4.78 is 5.42. The molecule has 1 aromatic heterocycles. The Morgan fingerprint density at radius 2 is 1.84 bits per heavy atom. The smallest absolute Gasteiger partial charge is 0.410 e. The molecule has 0 bridgehead atoms. The maximum absolute atomic E-state index is 12.1. The van der Waals surface area contributed by atoms with E-state index in [2.05, 4.69) is 26.3 Å². The highest BCUT2D eigenvalue weighted by Crippen LogP contribution is 2.30. The van der Waals surface area contributed by atoms with Crippen molar-refractivity contribution in [1.29, 1.82) is 5.26 Å². The summed E-state index contributed by atoms with van der Waals surface area (Å²) in [4.78, 5) is 25.1. The predicted octanol–water partition coefficient (Wildman–Crippen LogP) is 4.42. The Labute approximate surface area is 189 Å². The molecular formula is C24H30N6O2. The van der Waals surface area contributed by atoms with Crippen molar-refractivity contribution in [2.75, 3.05) is 36.4 Å². The van der Waals surface area contributed by atoms with Crippen molar-refractivity contribution in [3.63, 3.8) is 0 Å². The molecule has 8 nitrogen and oxygen atoms in total. The summed E-state index contributed by atoms with van der Waals surface area (Å²) >= 11 is 0. The minimum absolute atomic E-state index is 0.261. The summed E-state index contributed by atoms with van der Waals surface area (Å²) in [5, 5.41) is 12.7. The molecule has 3 heterocycles. The number of likely N-dealkylation sites (tertiary alicyclic amines) is 1. The van der Waals surface area contributed by atoms with E-state index < -0.39 is 5.60 Å². The van der Waals surface area contributed by atoms with Gasteiger partial charge in [-0.25, -0.2) is 14.8 Å². The second kappa shape index (κ2) is 9.03. The van der Waals surface area contributed by atoms with Gasteiger partial charge in [0.25, 0.3) is 0 Å². The van der Waals surface area contributed by atoms with Crippen LogP contribution in [0.5, 0.6) is 0 Å². The Balaban J connectivity index is 1.39. The van der Waals surface area contributed by atoms with E-state index in [4.69, 9.17) is 4.74 Å². The number of anilines is 3. The summed E-state index contributed by atoms with van der Waals surface area (Å²) in [7, 11) is 0. The van der Waals surface area contributed by atoms with Crippen molar-refractivity contribution in [1.82, 2.24) is 14.9 Å². The van der Waals surface area contributed by atoms with Gasteiger partial charge in [-0.2, -0.15) is 5.26 Å². The van der Waals surface area contributed by atoms with Crippen LogP contribution in [0.4, 0.5) is 22.1 Å². The average molecular weight is 435 g/mol. The molecule has 2 fully saturated rings. The van der Waals surface area contributed by atoms with Crippen LogP contribution in [0.2, 0.25) is 0 Å². The standard InChI is InChI=1S/C24H30N6O2/c1-24(2,3)32-23(31)30-15-18(16-30)17-7-9-19(10-8-17)27-22-20(13-25)26-14-21(28-22)29-11-5-4-6-12-29/h7-10,14,18H,4-6,11-12,15-16H2,1-3H3,(H,27,28). The van der Waals surface area contributed by atoms with Crippen molar-refractivity contribution in [3.05, 3.63) is 41.7 Å². The van der Waals surface area contributed by atoms with Crippen LogP contribution in [0, 0.1) is 11.3 Å². The Bertz CT molecular complexity index is 997. The Kier molecular flexibility index (Phi) is 6.17. The minimum Gasteiger partial charge on any atom is -0.444 e. The van der Waals surface area contributed by atoms with Crippen LogP contribution < -0.4 is 10.2 Å². The van der Waals surface area contributed by atoms with Crippen molar-refractivity contribution in [3.8, 4) is 6.07 Å². The molecule has 32 heavy (non-hydrogen) atoms. The first-order chi connectivity index (χ1) is 15.3. The molecule has 8 heteroatoms. The number of nitrogens with one attached hydrogen (secondary N) is 1. The third kappa shape index (κ3) is 5.10. The van der Waals surface area contributed by atoms with E-state index in [-0.39, 0.29) is 11.8 Å². The summed E-state index contributed by atoms with van der Waals surface area (Å²) in [6.07, 6.45) is 4.97. The van der Waals surface area contributed by atoms with Crippen molar-refractivity contribution >= 4 is 23.4 Å². The van der Waals surface area contributed by atoms with Gasteiger partial charge in [0, 0.05) is 37.8 Å². The van der Waals surface area contributed by atoms with Crippen LogP contribution in [0.3, 0.4) is 0 Å². The van der Waals surface area contributed by atoms with Gasteiger partial charge in [0.2, 0.25) is 0 Å². The molecule has 168 valence electrons. The van der Waals surface area contributed by atoms with Gasteiger partial charge in [-0.15, -0.1) is 0 Å². The molecule has 2 saturated heterocycles. The second-order valence-electron chi connectivity index (χ2n) is 9.41. The summed E-state index contributed by atoms with van der Waals surface area (Å²) in [5.41, 5.74) is 1.82. The molecule has 0 spiro atoms. The van der Waals surface area contributed by atoms with Gasteiger partial charge >= 0.3 is 6.09 Å². The monoisotopic (exact) mass is 434 g/mol. The quantitative estimate of drug-likeness (QED) is 0.761. The molecule has 0 atom stereocenters. The normalized spacial score (nSPS) is 16.8. The maximum Gasteiger partial charge on any atom is 0.410 e. The molecule has 2 aromatic rings. The Hall–Kier alpha value is -3.34. The fourth-order valence-corrected chi connectivity index (χ4v) is 3.96. The highest BCUT2D eigenvalue weighted by molar-refractivity contribution is 5.70. The van der Waals surface area contributed by atoms with Crippen LogP contribution in [0.15, 0.2) is 30.5 Å². The number of ether oxygens (including phenoxy) is 1. The third-order valence-electron chi connectivity index (χ3n) is 5.72. The maximum atomic E-state index is 12.1. The highest BCUT2D eigenvalue weighted by Gasteiger charge is 2.34. The van der Waals surface area contributed by atoms with E-state index in [0.29, 0.717) is 24.8 Å². The number of piperidine rings is 1. The van der Waals surface area contributed by atoms with Gasteiger partial charge in [0.1, 0.15) is 17.5 Å². The molecule has 0 aliphatic carbocycles. The first kappa shape index (κ1) is 21.9. The molecule has 1 amide bonds. The molecule has 0 saturated carbocycles. The Morgan fingerprint density at radius 3 is 2.47 bits per heavy atom. The molecule has 2 aliphatic heterocycles. The van der Waals surface area contributed by atoms with E-state index in [0.717, 1.165) is 37.4 Å². The van der Waals surface area contributed by atoms with E-state index in [1.54, 1.807) is 11.1 Å². The fraction of sp³-hybridized carbons (Fsp3) is 0.500. The fourth-order valence-electron chi connectivity index (χ4n) is 3.96. The van der Waals surface area contributed by atoms with E-state index in [1.807, 2.05) is 45.0 Å². The highest BCUT2D eigenvalue weighted by atomic mass is 16.6. The molecule has 1 N–H and O–H groups in total. The van der Waals surface area contributed by atoms with E-state index >= 15 is 0 Å². The van der Waals surface area contributed by atoms with Crippen molar-refractivity contribution in [2.24, 2.45) is 0 Å². The van der Waals surface area contributed by atoms with Crippen LogP contribution in [0.25, 0.3) is 0 Å². The lowest BCUT2D eigenvalue weighted by atomic mass is 9.92. The second-order valence-corrected chi connectivity index (χ2v) is 9.41. The number of hydrogen-bond acceptors (Lipinski definition) is 7. The third-order valence-corrected chi connectivity index (χ3v) is 5.72. The number of nitriles is 1. The number of rotatable bonds is 4.